The Morgan fingerprint density at radius 1 is 1.17 bits per heavy atom. The molecule has 0 aromatic heterocycles. The van der Waals surface area contributed by atoms with Crippen LogP contribution in [0.15, 0.2) is 12.1 Å². The van der Waals surface area contributed by atoms with E-state index >= 15 is 0 Å². The van der Waals surface area contributed by atoms with Crippen LogP contribution in [0.2, 0.25) is 10.0 Å². The highest BCUT2D eigenvalue weighted by Crippen LogP contribution is 2.37. The molecule has 0 aliphatic heterocycles. The summed E-state index contributed by atoms with van der Waals surface area (Å²) < 4.78 is 4.82. The van der Waals surface area contributed by atoms with Crippen molar-refractivity contribution in [3.05, 3.63) is 27.7 Å². The van der Waals surface area contributed by atoms with Gasteiger partial charge >= 0.3 is 11.9 Å². The number of carboxylic acids is 2. The average Bonchev–Trinajstić information content (AvgIpc) is 2.26. The Kier molecular flexibility index (Phi) is 4.05. The molecule has 0 saturated carbocycles. The highest BCUT2D eigenvalue weighted by Gasteiger charge is 2.47. The second-order valence-corrected chi connectivity index (χ2v) is 4.11. The molecule has 0 unspecified atom stereocenters. The molecule has 0 fully saturated rings. The van der Waals surface area contributed by atoms with Crippen LogP contribution < -0.4 is 4.74 Å². The molecule has 6 nitrogen and oxygen atoms in total. The molecule has 8 heteroatoms. The second kappa shape index (κ2) is 5.01. The van der Waals surface area contributed by atoms with Crippen LogP contribution in [0.25, 0.3) is 0 Å². The number of carboxylic acid groups (broad SMARTS) is 2. The number of benzene rings is 1. The molecule has 0 aliphatic carbocycles. The Balaban J connectivity index is 3.50. The molecule has 0 heterocycles. The first-order chi connectivity index (χ1) is 8.25. The number of hydrogen-bond donors (Lipinski definition) is 3. The molecule has 1 aromatic carbocycles. The lowest BCUT2D eigenvalue weighted by atomic mass is 9.94. The molecule has 0 aliphatic rings. The number of rotatable bonds is 4. The molecule has 0 amide bonds. The van der Waals surface area contributed by atoms with Gasteiger partial charge in [0.1, 0.15) is 0 Å². The van der Waals surface area contributed by atoms with Crippen molar-refractivity contribution >= 4 is 35.1 Å². The Morgan fingerprint density at radius 2 is 1.56 bits per heavy atom. The van der Waals surface area contributed by atoms with Gasteiger partial charge in [0, 0.05) is 5.56 Å². The van der Waals surface area contributed by atoms with Gasteiger partial charge in [0.15, 0.2) is 5.75 Å². The van der Waals surface area contributed by atoms with Crippen molar-refractivity contribution in [1.29, 1.82) is 0 Å². The minimum absolute atomic E-state index is 0.0558. The molecule has 18 heavy (non-hydrogen) atoms. The van der Waals surface area contributed by atoms with Crippen LogP contribution >= 0.6 is 23.2 Å². The SMILES string of the molecule is COc1c(Cl)cc(C(O)(C(=O)O)C(=O)O)cc1Cl. The van der Waals surface area contributed by atoms with Gasteiger partial charge in [0.2, 0.25) is 0 Å². The van der Waals surface area contributed by atoms with E-state index in [2.05, 4.69) is 0 Å². The molecule has 1 aromatic rings. The first-order valence-corrected chi connectivity index (χ1v) is 5.23. The Labute approximate surface area is 111 Å². The third-order valence-electron chi connectivity index (χ3n) is 2.24. The lowest BCUT2D eigenvalue weighted by Gasteiger charge is -2.20. The first-order valence-electron chi connectivity index (χ1n) is 4.47. The van der Waals surface area contributed by atoms with E-state index in [1.165, 1.54) is 7.11 Å². The van der Waals surface area contributed by atoms with Gasteiger partial charge in [-0.1, -0.05) is 23.2 Å². The zero-order chi connectivity index (χ0) is 14.1. The van der Waals surface area contributed by atoms with Gasteiger partial charge in [-0.15, -0.1) is 0 Å². The summed E-state index contributed by atoms with van der Waals surface area (Å²) in [6.07, 6.45) is 0. The van der Waals surface area contributed by atoms with Crippen LogP contribution in [0.4, 0.5) is 0 Å². The van der Waals surface area contributed by atoms with Gasteiger partial charge in [-0.05, 0) is 12.1 Å². The summed E-state index contributed by atoms with van der Waals surface area (Å²) in [4.78, 5) is 21.8. The fourth-order valence-corrected chi connectivity index (χ4v) is 1.94. The number of methoxy groups -OCH3 is 1. The van der Waals surface area contributed by atoms with E-state index in [-0.39, 0.29) is 15.8 Å². The smallest absolute Gasteiger partial charge is 0.352 e. The van der Waals surface area contributed by atoms with Gasteiger partial charge in [0.05, 0.1) is 17.2 Å². The highest BCUT2D eigenvalue weighted by atomic mass is 35.5. The predicted octanol–water partition coefficient (Wildman–Crippen LogP) is 1.36. The molecular formula is C10H8Cl2O6. The molecule has 1 rings (SSSR count). The lowest BCUT2D eigenvalue weighted by Crippen LogP contribution is -2.43. The third-order valence-corrected chi connectivity index (χ3v) is 2.80. The summed E-state index contributed by atoms with van der Waals surface area (Å²) in [5.41, 5.74) is -3.60. The van der Waals surface area contributed by atoms with Crippen molar-refractivity contribution in [2.75, 3.05) is 7.11 Å². The van der Waals surface area contributed by atoms with E-state index in [0.717, 1.165) is 12.1 Å². The molecule has 0 radical (unpaired) electrons. The molecule has 0 saturated heterocycles. The van der Waals surface area contributed by atoms with Crippen LogP contribution in [-0.4, -0.2) is 34.4 Å². The van der Waals surface area contributed by atoms with Crippen LogP contribution in [0.5, 0.6) is 5.75 Å². The summed E-state index contributed by atoms with van der Waals surface area (Å²) in [6.45, 7) is 0. The fourth-order valence-electron chi connectivity index (χ4n) is 1.30. The van der Waals surface area contributed by atoms with E-state index in [9.17, 15) is 14.7 Å². The van der Waals surface area contributed by atoms with Crippen molar-refractivity contribution in [2.24, 2.45) is 0 Å². The normalized spacial score (nSPS) is 11.1. The zero-order valence-corrected chi connectivity index (χ0v) is 10.5. The topological polar surface area (TPSA) is 104 Å². The van der Waals surface area contributed by atoms with Gasteiger partial charge in [-0.3, -0.25) is 0 Å². The number of carbonyl (C=O) groups is 2. The van der Waals surface area contributed by atoms with Gasteiger partial charge in [-0.25, -0.2) is 9.59 Å². The minimum atomic E-state index is -3.13. The molecule has 3 N–H and O–H groups in total. The van der Waals surface area contributed by atoms with Crippen molar-refractivity contribution in [3.8, 4) is 5.75 Å². The first kappa shape index (κ1) is 14.6. The quantitative estimate of drug-likeness (QED) is 0.724. The monoisotopic (exact) mass is 294 g/mol. The maximum atomic E-state index is 10.9. The number of aliphatic hydroxyl groups is 1. The van der Waals surface area contributed by atoms with Crippen molar-refractivity contribution < 1.29 is 29.6 Å². The maximum Gasteiger partial charge on any atom is 0.352 e. The third kappa shape index (κ3) is 2.22. The molecular weight excluding hydrogens is 287 g/mol. The van der Waals surface area contributed by atoms with Crippen LogP contribution in [0.3, 0.4) is 0 Å². The highest BCUT2D eigenvalue weighted by molar-refractivity contribution is 6.37. The second-order valence-electron chi connectivity index (χ2n) is 3.29. The lowest BCUT2D eigenvalue weighted by molar-refractivity contribution is -0.177. The predicted molar refractivity (Wildman–Crippen MR) is 62.2 cm³/mol. The van der Waals surface area contributed by atoms with Crippen LogP contribution in [0, 0.1) is 0 Å². The standard InChI is InChI=1S/C10H8Cl2O6/c1-18-7-5(11)2-4(3-6(7)12)10(17,8(13)14)9(15)16/h2-3,17H,1H3,(H,13,14)(H,15,16). The zero-order valence-electron chi connectivity index (χ0n) is 8.98. The Morgan fingerprint density at radius 3 is 1.83 bits per heavy atom. The van der Waals surface area contributed by atoms with Crippen molar-refractivity contribution in [2.45, 2.75) is 5.60 Å². The van der Waals surface area contributed by atoms with Gasteiger partial charge in [0.25, 0.3) is 5.60 Å². The Hall–Kier alpha value is -1.50. The maximum absolute atomic E-state index is 10.9. The van der Waals surface area contributed by atoms with Gasteiger partial charge < -0.3 is 20.1 Å². The Bertz CT molecular complexity index is 476. The molecule has 0 atom stereocenters. The molecule has 0 spiro atoms. The largest absolute Gasteiger partial charge is 0.494 e. The number of hydrogen-bond acceptors (Lipinski definition) is 4. The summed E-state index contributed by atoms with van der Waals surface area (Å²) in [5.74, 6) is -3.85. The number of halogens is 2. The van der Waals surface area contributed by atoms with E-state index in [1.54, 1.807) is 0 Å². The van der Waals surface area contributed by atoms with Gasteiger partial charge in [-0.2, -0.15) is 0 Å². The van der Waals surface area contributed by atoms with Crippen molar-refractivity contribution in [3.63, 3.8) is 0 Å². The minimum Gasteiger partial charge on any atom is -0.494 e. The van der Waals surface area contributed by atoms with Crippen molar-refractivity contribution in [1.82, 2.24) is 0 Å². The number of ether oxygens (including phenoxy) is 1. The molecule has 0 bridgehead atoms. The van der Waals surface area contributed by atoms with E-state index < -0.39 is 23.1 Å². The summed E-state index contributed by atoms with van der Waals surface area (Å²) in [6, 6.07) is 1.93. The fraction of sp³-hybridized carbons (Fsp3) is 0.200. The van der Waals surface area contributed by atoms with E-state index in [4.69, 9.17) is 38.2 Å². The summed E-state index contributed by atoms with van der Waals surface area (Å²) >= 11 is 11.5. The summed E-state index contributed by atoms with van der Waals surface area (Å²) in [7, 11) is 1.29. The van der Waals surface area contributed by atoms with E-state index in [0.29, 0.717) is 0 Å². The van der Waals surface area contributed by atoms with Crippen LogP contribution in [-0.2, 0) is 15.2 Å². The number of aliphatic carboxylic acids is 2. The van der Waals surface area contributed by atoms with Crippen LogP contribution in [0.1, 0.15) is 5.56 Å². The molecule has 98 valence electrons. The average molecular weight is 295 g/mol. The van der Waals surface area contributed by atoms with E-state index in [1.807, 2.05) is 0 Å². The summed E-state index contributed by atoms with van der Waals surface area (Å²) in [5, 5.41) is 27.1.